The Balaban J connectivity index is 2.19. The Labute approximate surface area is 163 Å². The number of aryl methyl sites for hydroxylation is 2. The smallest absolute Gasteiger partial charge is 0.391 e. The molecule has 0 amide bonds. The molecule has 28 heavy (non-hydrogen) atoms. The molecular formula is C20H21O7P. The van der Waals surface area contributed by atoms with Gasteiger partial charge in [0.15, 0.2) is 17.1 Å². The molecule has 0 atom stereocenters. The molecule has 2 aromatic carbocycles. The van der Waals surface area contributed by atoms with Crippen LogP contribution in [0.4, 0.5) is 0 Å². The van der Waals surface area contributed by atoms with Gasteiger partial charge in [0.2, 0.25) is 0 Å². The molecule has 8 heteroatoms. The number of carbonyl (C=O) groups excluding carboxylic acids is 1. The Kier molecular flexibility index (Phi) is 5.61. The standard InChI is InChI=1S/C20H21O7P/c1-10-6-7-14-17(12(3)26-20(14)19(10)27-28(22)23)18(21)13-8-15(24-4)11(2)16(9-13)25-5/h6-9,22-23H,1-5H3. The largest absolute Gasteiger partial charge is 0.496 e. The predicted octanol–water partition coefficient (Wildman–Crippen LogP) is 4.20. The summed E-state index contributed by atoms with van der Waals surface area (Å²) in [4.78, 5) is 31.8. The van der Waals surface area contributed by atoms with Gasteiger partial charge in [-0.15, -0.1) is 0 Å². The Morgan fingerprint density at radius 1 is 1.04 bits per heavy atom. The van der Waals surface area contributed by atoms with Gasteiger partial charge < -0.3 is 28.2 Å². The lowest BCUT2D eigenvalue weighted by molar-refractivity contribution is 0.103. The van der Waals surface area contributed by atoms with Crippen LogP contribution >= 0.6 is 8.60 Å². The van der Waals surface area contributed by atoms with E-state index in [1.807, 2.05) is 6.92 Å². The topological polar surface area (TPSA) is 98.4 Å². The number of hydrogen-bond acceptors (Lipinski definition) is 7. The van der Waals surface area contributed by atoms with Crippen LogP contribution in [0.1, 0.15) is 32.8 Å². The van der Waals surface area contributed by atoms with Crippen LogP contribution in [-0.4, -0.2) is 29.8 Å². The molecule has 7 nitrogen and oxygen atoms in total. The third-order valence-corrected chi connectivity index (χ3v) is 4.95. The summed E-state index contributed by atoms with van der Waals surface area (Å²) in [6.07, 6.45) is 0. The maximum atomic E-state index is 13.3. The highest BCUT2D eigenvalue weighted by Crippen LogP contribution is 2.41. The summed E-state index contributed by atoms with van der Waals surface area (Å²) in [5.41, 5.74) is 2.51. The van der Waals surface area contributed by atoms with Gasteiger partial charge in [-0.1, -0.05) is 6.07 Å². The first-order chi connectivity index (χ1) is 13.3. The lowest BCUT2D eigenvalue weighted by Crippen LogP contribution is -2.05. The Morgan fingerprint density at radius 3 is 2.18 bits per heavy atom. The average molecular weight is 404 g/mol. The number of ether oxygens (including phenoxy) is 2. The van der Waals surface area contributed by atoms with E-state index in [9.17, 15) is 14.6 Å². The van der Waals surface area contributed by atoms with Crippen molar-refractivity contribution < 1.29 is 33.0 Å². The van der Waals surface area contributed by atoms with E-state index in [0.29, 0.717) is 44.9 Å². The molecule has 0 unspecified atom stereocenters. The van der Waals surface area contributed by atoms with E-state index in [4.69, 9.17) is 18.4 Å². The summed E-state index contributed by atoms with van der Waals surface area (Å²) in [5, 5.41) is 0.526. The van der Waals surface area contributed by atoms with E-state index in [1.54, 1.807) is 38.1 Å². The molecule has 0 fully saturated rings. The quantitative estimate of drug-likeness (QED) is 0.469. The highest BCUT2D eigenvalue weighted by molar-refractivity contribution is 7.39. The lowest BCUT2D eigenvalue weighted by Gasteiger charge is -2.12. The molecule has 3 aromatic rings. The molecular weight excluding hydrogens is 383 g/mol. The Morgan fingerprint density at radius 2 is 1.64 bits per heavy atom. The zero-order valence-corrected chi connectivity index (χ0v) is 17.1. The molecule has 1 aromatic heterocycles. The monoisotopic (exact) mass is 404 g/mol. The van der Waals surface area contributed by atoms with Gasteiger partial charge in [0.05, 0.1) is 19.8 Å². The van der Waals surface area contributed by atoms with Gasteiger partial charge in [-0.05, 0) is 44.5 Å². The van der Waals surface area contributed by atoms with Crippen LogP contribution in [0.5, 0.6) is 17.2 Å². The first kappa shape index (κ1) is 20.1. The Hall–Kier alpha value is -2.60. The molecule has 1 heterocycles. The first-order valence-corrected chi connectivity index (χ1v) is 9.60. The van der Waals surface area contributed by atoms with Crippen LogP contribution in [0.15, 0.2) is 28.7 Å². The van der Waals surface area contributed by atoms with Crippen molar-refractivity contribution in [1.82, 2.24) is 0 Å². The molecule has 0 saturated heterocycles. The van der Waals surface area contributed by atoms with Crippen molar-refractivity contribution >= 4 is 25.4 Å². The van der Waals surface area contributed by atoms with Crippen molar-refractivity contribution in [3.63, 3.8) is 0 Å². The van der Waals surface area contributed by atoms with Crippen molar-refractivity contribution in [1.29, 1.82) is 0 Å². The molecule has 0 bridgehead atoms. The van der Waals surface area contributed by atoms with E-state index in [2.05, 4.69) is 0 Å². The van der Waals surface area contributed by atoms with Gasteiger partial charge in [0.25, 0.3) is 0 Å². The van der Waals surface area contributed by atoms with Crippen LogP contribution in [-0.2, 0) is 0 Å². The van der Waals surface area contributed by atoms with E-state index in [-0.39, 0.29) is 11.5 Å². The number of hydrogen-bond donors (Lipinski definition) is 2. The fraction of sp³-hybridized carbons (Fsp3) is 0.250. The highest BCUT2D eigenvalue weighted by atomic mass is 31.2. The summed E-state index contributed by atoms with van der Waals surface area (Å²) in [6.45, 7) is 5.27. The molecule has 3 rings (SSSR count). The number of carbonyl (C=O) groups is 1. The van der Waals surface area contributed by atoms with Gasteiger partial charge in [-0.2, -0.15) is 0 Å². The van der Waals surface area contributed by atoms with E-state index in [0.717, 1.165) is 5.56 Å². The predicted molar refractivity (Wildman–Crippen MR) is 105 cm³/mol. The van der Waals surface area contributed by atoms with Gasteiger partial charge in [0.1, 0.15) is 17.3 Å². The minimum Gasteiger partial charge on any atom is -0.496 e. The minimum absolute atomic E-state index is 0.204. The Bertz CT molecular complexity index is 1030. The molecule has 0 aliphatic carbocycles. The van der Waals surface area contributed by atoms with Crippen molar-refractivity contribution in [2.45, 2.75) is 20.8 Å². The van der Waals surface area contributed by atoms with E-state index in [1.165, 1.54) is 14.2 Å². The lowest BCUT2D eigenvalue weighted by atomic mass is 9.98. The second-order valence-electron chi connectivity index (χ2n) is 6.30. The number of ketones is 1. The third kappa shape index (κ3) is 3.44. The number of rotatable bonds is 6. The van der Waals surface area contributed by atoms with Crippen LogP contribution in [0.25, 0.3) is 11.0 Å². The average Bonchev–Trinajstić information content (AvgIpc) is 2.99. The fourth-order valence-corrected chi connectivity index (χ4v) is 3.58. The second kappa shape index (κ2) is 7.80. The van der Waals surface area contributed by atoms with Crippen molar-refractivity contribution in [2.75, 3.05) is 14.2 Å². The second-order valence-corrected chi connectivity index (χ2v) is 6.99. The highest BCUT2D eigenvalue weighted by Gasteiger charge is 2.25. The number of benzene rings is 2. The molecule has 0 saturated carbocycles. The zero-order chi connectivity index (χ0) is 20.6. The molecule has 2 N–H and O–H groups in total. The van der Waals surface area contributed by atoms with Crippen LogP contribution < -0.4 is 14.0 Å². The summed E-state index contributed by atoms with van der Waals surface area (Å²) in [5.74, 6) is 1.42. The van der Waals surface area contributed by atoms with Gasteiger partial charge in [-0.25, -0.2) is 0 Å². The molecule has 0 spiro atoms. The molecule has 0 aliphatic heterocycles. The molecule has 0 radical (unpaired) electrons. The SMILES string of the molecule is COc1cc(C(=O)c2c(C)oc3c(OP(O)O)c(C)ccc23)cc(OC)c1C. The third-order valence-electron chi connectivity index (χ3n) is 4.60. The summed E-state index contributed by atoms with van der Waals surface area (Å²) < 4.78 is 21.6. The van der Waals surface area contributed by atoms with Crippen molar-refractivity contribution in [3.05, 3.63) is 52.3 Å². The van der Waals surface area contributed by atoms with Crippen LogP contribution in [0.3, 0.4) is 0 Å². The maximum absolute atomic E-state index is 13.3. The molecule has 148 valence electrons. The van der Waals surface area contributed by atoms with Gasteiger partial charge >= 0.3 is 8.60 Å². The summed E-state index contributed by atoms with van der Waals surface area (Å²) >= 11 is 0. The molecule has 0 aliphatic rings. The van der Waals surface area contributed by atoms with E-state index < -0.39 is 8.60 Å². The van der Waals surface area contributed by atoms with Crippen molar-refractivity contribution in [3.8, 4) is 17.2 Å². The maximum Gasteiger partial charge on any atom is 0.391 e. The summed E-state index contributed by atoms with van der Waals surface area (Å²) in [6, 6.07) is 6.80. The van der Waals surface area contributed by atoms with E-state index >= 15 is 0 Å². The zero-order valence-electron chi connectivity index (χ0n) is 16.2. The fourth-order valence-electron chi connectivity index (χ4n) is 3.19. The number of fused-ring (bicyclic) bond motifs is 1. The van der Waals surface area contributed by atoms with Crippen molar-refractivity contribution in [2.24, 2.45) is 0 Å². The van der Waals surface area contributed by atoms with Crippen LogP contribution in [0.2, 0.25) is 0 Å². The normalized spacial score (nSPS) is 11.1. The van der Waals surface area contributed by atoms with Gasteiger partial charge in [-0.3, -0.25) is 4.79 Å². The van der Waals surface area contributed by atoms with Crippen LogP contribution in [0, 0.1) is 20.8 Å². The first-order valence-electron chi connectivity index (χ1n) is 8.44. The summed E-state index contributed by atoms with van der Waals surface area (Å²) in [7, 11) is 0.441. The number of furan rings is 1. The van der Waals surface area contributed by atoms with Gasteiger partial charge in [0, 0.05) is 16.5 Å². The minimum atomic E-state index is -2.62. The number of methoxy groups -OCH3 is 2.